The van der Waals surface area contributed by atoms with Crippen molar-refractivity contribution in [3.63, 3.8) is 0 Å². The van der Waals surface area contributed by atoms with Crippen molar-refractivity contribution in [3.8, 4) is 11.5 Å². The van der Waals surface area contributed by atoms with E-state index in [1.807, 2.05) is 6.92 Å². The lowest BCUT2D eigenvalue weighted by Gasteiger charge is -2.25. The van der Waals surface area contributed by atoms with Crippen molar-refractivity contribution in [2.45, 2.75) is 13.1 Å². The predicted molar refractivity (Wildman–Crippen MR) is 87.4 cm³/mol. The van der Waals surface area contributed by atoms with Crippen LogP contribution in [-0.4, -0.2) is 20.3 Å². The number of carbonyl (C=O) groups is 1. The molecule has 0 saturated carbocycles. The molecule has 0 atom stereocenters. The lowest BCUT2D eigenvalue weighted by molar-refractivity contribution is -0.138. The molecule has 0 spiro atoms. The van der Waals surface area contributed by atoms with E-state index >= 15 is 0 Å². The molecule has 0 fully saturated rings. The highest BCUT2D eigenvalue weighted by atomic mass is 19.4. The Balaban J connectivity index is 2.72. The van der Waals surface area contributed by atoms with Gasteiger partial charge in [-0.05, 0) is 25.1 Å². The quantitative estimate of drug-likeness (QED) is 0.893. The van der Waals surface area contributed by atoms with Crippen molar-refractivity contribution < 1.29 is 27.4 Å². The fourth-order valence-corrected chi connectivity index (χ4v) is 2.36. The van der Waals surface area contributed by atoms with Crippen molar-refractivity contribution in [2.24, 2.45) is 5.73 Å². The van der Waals surface area contributed by atoms with Crippen LogP contribution in [0.5, 0.6) is 11.5 Å². The Morgan fingerprint density at radius 1 is 1.04 bits per heavy atom. The fourth-order valence-electron chi connectivity index (χ4n) is 2.36. The summed E-state index contributed by atoms with van der Waals surface area (Å²) >= 11 is 0. The first-order chi connectivity index (χ1) is 11.7. The van der Waals surface area contributed by atoms with E-state index < -0.39 is 23.5 Å². The minimum atomic E-state index is -4.68. The van der Waals surface area contributed by atoms with Gasteiger partial charge in [0.25, 0.3) is 0 Å². The first-order valence-corrected chi connectivity index (χ1v) is 7.18. The summed E-state index contributed by atoms with van der Waals surface area (Å²) in [5, 5.41) is 0. The minimum absolute atomic E-state index is 0.0178. The third-order valence-corrected chi connectivity index (χ3v) is 3.56. The second-order valence-corrected chi connectivity index (χ2v) is 5.23. The SMILES string of the molecule is COc1cc(OC)c(C(F)(F)F)cc1N(C(N)=O)c1ccc(C)cc1. The normalized spacial score (nSPS) is 11.1. The number of halogens is 3. The van der Waals surface area contributed by atoms with Gasteiger partial charge in [-0.3, -0.25) is 4.90 Å². The molecule has 0 bridgehead atoms. The second kappa shape index (κ2) is 6.92. The Kier molecular flexibility index (Phi) is 5.10. The van der Waals surface area contributed by atoms with Gasteiger partial charge in [-0.15, -0.1) is 0 Å². The number of carbonyl (C=O) groups excluding carboxylic acids is 1. The molecule has 0 aliphatic rings. The third kappa shape index (κ3) is 3.78. The highest BCUT2D eigenvalue weighted by Gasteiger charge is 2.36. The molecule has 25 heavy (non-hydrogen) atoms. The summed E-state index contributed by atoms with van der Waals surface area (Å²) in [6.45, 7) is 1.84. The summed E-state index contributed by atoms with van der Waals surface area (Å²) in [7, 11) is 2.40. The standard InChI is InChI=1S/C17H17F3N2O3/c1-10-4-6-11(7-5-10)22(16(21)23)13-8-12(17(18,19)20)14(24-2)9-15(13)25-3/h4-9H,1-3H3,(H2,21,23). The van der Waals surface area contributed by atoms with Crippen LogP contribution in [0.25, 0.3) is 0 Å². The van der Waals surface area contributed by atoms with E-state index in [9.17, 15) is 18.0 Å². The highest BCUT2D eigenvalue weighted by molar-refractivity contribution is 6.00. The van der Waals surface area contributed by atoms with Gasteiger partial charge >= 0.3 is 12.2 Å². The zero-order valence-electron chi connectivity index (χ0n) is 13.8. The minimum Gasteiger partial charge on any atom is -0.496 e. The van der Waals surface area contributed by atoms with Crippen molar-refractivity contribution in [1.82, 2.24) is 0 Å². The number of hydrogen-bond acceptors (Lipinski definition) is 3. The molecule has 8 heteroatoms. The van der Waals surface area contributed by atoms with Crippen LogP contribution in [0.15, 0.2) is 36.4 Å². The van der Waals surface area contributed by atoms with Gasteiger partial charge in [0.05, 0.1) is 31.2 Å². The summed E-state index contributed by atoms with van der Waals surface area (Å²) < 4.78 is 49.9. The van der Waals surface area contributed by atoms with Crippen LogP contribution in [0.4, 0.5) is 29.3 Å². The molecule has 0 aromatic heterocycles. The molecule has 0 saturated heterocycles. The Morgan fingerprint density at radius 2 is 1.60 bits per heavy atom. The zero-order chi connectivity index (χ0) is 18.8. The number of methoxy groups -OCH3 is 2. The summed E-state index contributed by atoms with van der Waals surface area (Å²) in [6, 6.07) is 7.50. The highest BCUT2D eigenvalue weighted by Crippen LogP contribution is 2.44. The van der Waals surface area contributed by atoms with Crippen LogP contribution in [0.3, 0.4) is 0 Å². The van der Waals surface area contributed by atoms with Gasteiger partial charge in [0, 0.05) is 6.07 Å². The van der Waals surface area contributed by atoms with E-state index in [4.69, 9.17) is 15.2 Å². The average molecular weight is 354 g/mol. The Hall–Kier alpha value is -2.90. The molecular weight excluding hydrogens is 337 g/mol. The van der Waals surface area contributed by atoms with E-state index in [1.54, 1.807) is 24.3 Å². The van der Waals surface area contributed by atoms with Gasteiger partial charge in [0.15, 0.2) is 0 Å². The monoisotopic (exact) mass is 354 g/mol. The number of aryl methyl sites for hydroxylation is 1. The number of urea groups is 1. The van der Waals surface area contributed by atoms with Crippen LogP contribution >= 0.6 is 0 Å². The van der Waals surface area contributed by atoms with E-state index in [0.29, 0.717) is 5.69 Å². The van der Waals surface area contributed by atoms with Crippen molar-refractivity contribution >= 4 is 17.4 Å². The summed E-state index contributed by atoms with van der Waals surface area (Å²) in [5.74, 6) is -0.398. The lowest BCUT2D eigenvalue weighted by Crippen LogP contribution is -2.32. The number of ether oxygens (including phenoxy) is 2. The molecule has 5 nitrogen and oxygen atoms in total. The summed E-state index contributed by atoms with van der Waals surface area (Å²) in [4.78, 5) is 12.9. The average Bonchev–Trinajstić information content (AvgIpc) is 2.55. The van der Waals surface area contributed by atoms with Gasteiger partial charge < -0.3 is 15.2 Å². The molecule has 2 aromatic carbocycles. The molecule has 0 aliphatic carbocycles. The zero-order valence-corrected chi connectivity index (χ0v) is 13.8. The molecule has 2 amide bonds. The predicted octanol–water partition coefficient (Wildman–Crippen LogP) is 4.25. The van der Waals surface area contributed by atoms with E-state index in [2.05, 4.69) is 0 Å². The largest absolute Gasteiger partial charge is 0.496 e. The van der Waals surface area contributed by atoms with Gasteiger partial charge in [0.2, 0.25) is 0 Å². The first kappa shape index (κ1) is 18.4. The van der Waals surface area contributed by atoms with Gasteiger partial charge in [-0.2, -0.15) is 13.2 Å². The molecule has 2 aromatic rings. The van der Waals surface area contributed by atoms with Crippen molar-refractivity contribution in [1.29, 1.82) is 0 Å². The number of hydrogen-bond donors (Lipinski definition) is 1. The number of amides is 2. The Morgan fingerprint density at radius 3 is 2.04 bits per heavy atom. The number of benzene rings is 2. The molecule has 2 N–H and O–H groups in total. The molecule has 134 valence electrons. The maximum absolute atomic E-state index is 13.3. The molecule has 2 rings (SSSR count). The van der Waals surface area contributed by atoms with Crippen LogP contribution in [0, 0.1) is 6.92 Å². The third-order valence-electron chi connectivity index (χ3n) is 3.56. The summed E-state index contributed by atoms with van der Waals surface area (Å²) in [6.07, 6.45) is -4.68. The van der Waals surface area contributed by atoms with E-state index in [1.165, 1.54) is 7.11 Å². The Bertz CT molecular complexity index is 774. The maximum atomic E-state index is 13.3. The molecule has 0 unspecified atom stereocenters. The Labute approximate surface area is 142 Å². The van der Waals surface area contributed by atoms with Crippen LogP contribution in [0.2, 0.25) is 0 Å². The van der Waals surface area contributed by atoms with E-state index in [0.717, 1.165) is 29.7 Å². The second-order valence-electron chi connectivity index (χ2n) is 5.23. The summed E-state index contributed by atoms with van der Waals surface area (Å²) in [5.41, 5.74) is 5.48. The number of rotatable bonds is 4. The van der Waals surface area contributed by atoms with E-state index in [-0.39, 0.29) is 11.4 Å². The molecule has 0 radical (unpaired) electrons. The molecular formula is C17H17F3N2O3. The van der Waals surface area contributed by atoms with Crippen LogP contribution in [-0.2, 0) is 6.18 Å². The smallest absolute Gasteiger partial charge is 0.420 e. The topological polar surface area (TPSA) is 64.8 Å². The lowest BCUT2D eigenvalue weighted by atomic mass is 10.1. The number of nitrogens with zero attached hydrogens (tertiary/aromatic N) is 1. The number of primary amides is 1. The molecule has 0 heterocycles. The number of anilines is 2. The number of alkyl halides is 3. The first-order valence-electron chi connectivity index (χ1n) is 7.18. The molecule has 0 aliphatic heterocycles. The number of nitrogens with two attached hydrogens (primary N) is 1. The van der Waals surface area contributed by atoms with Crippen molar-refractivity contribution in [2.75, 3.05) is 19.1 Å². The van der Waals surface area contributed by atoms with Gasteiger partial charge in [0.1, 0.15) is 11.5 Å². The van der Waals surface area contributed by atoms with Crippen LogP contribution in [0.1, 0.15) is 11.1 Å². The van der Waals surface area contributed by atoms with Gasteiger partial charge in [-0.1, -0.05) is 17.7 Å². The van der Waals surface area contributed by atoms with Crippen LogP contribution < -0.4 is 20.1 Å². The fraction of sp³-hybridized carbons (Fsp3) is 0.235. The maximum Gasteiger partial charge on any atom is 0.420 e. The van der Waals surface area contributed by atoms with Crippen molar-refractivity contribution in [3.05, 3.63) is 47.5 Å². The van der Waals surface area contributed by atoms with Gasteiger partial charge in [-0.25, -0.2) is 4.79 Å².